The molecule has 0 unspecified atom stereocenters. The van der Waals surface area contributed by atoms with Crippen LogP contribution in [0.4, 0.5) is 0 Å². The second-order valence-electron chi connectivity index (χ2n) is 11.8. The molecule has 3 nitrogen and oxygen atoms in total. The van der Waals surface area contributed by atoms with Crippen molar-refractivity contribution < 1.29 is 8.83 Å². The number of furan rings is 2. The fourth-order valence-electron chi connectivity index (χ4n) is 7.04. The van der Waals surface area contributed by atoms with E-state index in [1.54, 1.807) is 0 Å². The molecule has 210 valence electrons. The summed E-state index contributed by atoms with van der Waals surface area (Å²) >= 11 is 0. The molecule has 0 atom stereocenters. The number of hydrogen-bond donors (Lipinski definition) is 0. The van der Waals surface area contributed by atoms with E-state index in [4.69, 9.17) is 8.83 Å². The normalized spacial score (nSPS) is 12.0. The van der Waals surface area contributed by atoms with Gasteiger partial charge in [0.05, 0.1) is 11.0 Å². The molecular formula is C42H25NO2. The first-order chi connectivity index (χ1) is 22.3. The molecule has 45 heavy (non-hydrogen) atoms. The maximum Gasteiger partial charge on any atom is 0.136 e. The highest BCUT2D eigenvalue weighted by atomic mass is 16.3. The molecular weight excluding hydrogens is 550 g/mol. The first-order valence-corrected chi connectivity index (χ1v) is 15.3. The van der Waals surface area contributed by atoms with Crippen molar-refractivity contribution in [1.82, 2.24) is 4.57 Å². The molecule has 3 heteroatoms. The third kappa shape index (κ3) is 3.65. The number of para-hydroxylation sites is 2. The van der Waals surface area contributed by atoms with Crippen molar-refractivity contribution in [2.75, 3.05) is 0 Å². The van der Waals surface area contributed by atoms with Crippen LogP contribution in [-0.4, -0.2) is 4.57 Å². The first kappa shape index (κ1) is 24.4. The molecule has 10 aromatic rings. The van der Waals surface area contributed by atoms with Crippen LogP contribution in [0.2, 0.25) is 0 Å². The van der Waals surface area contributed by atoms with E-state index in [0.717, 1.165) is 55.1 Å². The molecule has 0 aliphatic carbocycles. The Hall–Kier alpha value is -6.06. The molecule has 0 N–H and O–H groups in total. The Kier molecular flexibility index (Phi) is 5.00. The summed E-state index contributed by atoms with van der Waals surface area (Å²) in [6.07, 6.45) is 0. The minimum atomic E-state index is 0.902. The van der Waals surface area contributed by atoms with Crippen molar-refractivity contribution in [2.45, 2.75) is 0 Å². The van der Waals surface area contributed by atoms with Crippen LogP contribution in [0, 0.1) is 0 Å². The SMILES string of the molecule is c1ccc(-c2ccc3oc4ccc(-c5ccc(-n6c7ccccc7c7cc8oc9ccccc9c8cc76)cc5)cc4c3c2)cc1. The van der Waals surface area contributed by atoms with E-state index >= 15 is 0 Å². The Morgan fingerprint density at radius 2 is 0.867 bits per heavy atom. The van der Waals surface area contributed by atoms with Gasteiger partial charge in [0.1, 0.15) is 22.3 Å². The van der Waals surface area contributed by atoms with E-state index in [1.165, 1.54) is 38.5 Å². The second-order valence-corrected chi connectivity index (χ2v) is 11.8. The van der Waals surface area contributed by atoms with Gasteiger partial charge in [-0.2, -0.15) is 0 Å². The monoisotopic (exact) mass is 575 g/mol. The summed E-state index contributed by atoms with van der Waals surface area (Å²) in [7, 11) is 0. The Labute approximate surface area is 258 Å². The van der Waals surface area contributed by atoms with Crippen molar-refractivity contribution >= 4 is 65.7 Å². The van der Waals surface area contributed by atoms with Crippen LogP contribution in [0.15, 0.2) is 160 Å². The van der Waals surface area contributed by atoms with Crippen molar-refractivity contribution in [3.63, 3.8) is 0 Å². The minimum absolute atomic E-state index is 0.902. The minimum Gasteiger partial charge on any atom is -0.456 e. The standard InChI is InChI=1S/C42H25NO2/c1-2-8-26(9-3-1)28-16-20-40-34(22-28)35-23-29(17-21-41(35)44-40)27-14-18-30(19-15-27)43-37-12-6-4-10-31(37)33-25-42-36(24-38(33)43)32-11-5-7-13-39(32)45-42/h1-25H. The summed E-state index contributed by atoms with van der Waals surface area (Å²) in [5.41, 5.74) is 11.8. The summed E-state index contributed by atoms with van der Waals surface area (Å²) in [6.45, 7) is 0. The number of benzene rings is 7. The van der Waals surface area contributed by atoms with Gasteiger partial charge in [-0.3, -0.25) is 0 Å². The van der Waals surface area contributed by atoms with Gasteiger partial charge in [0.2, 0.25) is 0 Å². The lowest BCUT2D eigenvalue weighted by molar-refractivity contribution is 0.669. The lowest BCUT2D eigenvalue weighted by atomic mass is 10.00. The number of fused-ring (bicyclic) bond motifs is 9. The zero-order valence-corrected chi connectivity index (χ0v) is 24.2. The third-order valence-corrected chi connectivity index (χ3v) is 9.21. The first-order valence-electron chi connectivity index (χ1n) is 15.3. The van der Waals surface area contributed by atoms with Crippen LogP contribution in [-0.2, 0) is 0 Å². The Bertz CT molecular complexity index is 2740. The molecule has 3 aromatic heterocycles. The van der Waals surface area contributed by atoms with Crippen molar-refractivity contribution in [3.8, 4) is 27.9 Å². The Balaban J connectivity index is 1.11. The molecule has 0 spiro atoms. The van der Waals surface area contributed by atoms with E-state index in [-0.39, 0.29) is 0 Å². The number of hydrogen-bond acceptors (Lipinski definition) is 2. The van der Waals surface area contributed by atoms with Crippen LogP contribution < -0.4 is 0 Å². The summed E-state index contributed by atoms with van der Waals surface area (Å²) in [6, 6.07) is 53.7. The highest BCUT2D eigenvalue weighted by Gasteiger charge is 2.16. The smallest absolute Gasteiger partial charge is 0.136 e. The lowest BCUT2D eigenvalue weighted by Crippen LogP contribution is -1.93. The van der Waals surface area contributed by atoms with Gasteiger partial charge in [0.15, 0.2) is 0 Å². The zero-order valence-electron chi connectivity index (χ0n) is 24.2. The molecule has 0 amide bonds. The fraction of sp³-hybridized carbons (Fsp3) is 0. The van der Waals surface area contributed by atoms with Gasteiger partial charge in [-0.25, -0.2) is 0 Å². The second kappa shape index (κ2) is 9.22. The van der Waals surface area contributed by atoms with Crippen LogP contribution in [0.25, 0.3) is 93.6 Å². The summed E-state index contributed by atoms with van der Waals surface area (Å²) in [5.74, 6) is 0. The number of rotatable bonds is 3. The molecule has 0 saturated heterocycles. The van der Waals surface area contributed by atoms with Gasteiger partial charge >= 0.3 is 0 Å². The van der Waals surface area contributed by atoms with Gasteiger partial charge in [0.25, 0.3) is 0 Å². The van der Waals surface area contributed by atoms with Gasteiger partial charge < -0.3 is 13.4 Å². The highest BCUT2D eigenvalue weighted by Crippen LogP contribution is 2.39. The summed E-state index contributed by atoms with van der Waals surface area (Å²) in [5, 5.41) is 6.94. The van der Waals surface area contributed by atoms with Gasteiger partial charge in [-0.05, 0) is 82.9 Å². The van der Waals surface area contributed by atoms with E-state index in [2.05, 4.69) is 138 Å². The van der Waals surface area contributed by atoms with Crippen LogP contribution in [0.1, 0.15) is 0 Å². The van der Waals surface area contributed by atoms with Crippen molar-refractivity contribution in [3.05, 3.63) is 152 Å². The maximum absolute atomic E-state index is 6.25. The van der Waals surface area contributed by atoms with Crippen molar-refractivity contribution in [1.29, 1.82) is 0 Å². The van der Waals surface area contributed by atoms with Crippen LogP contribution in [0.3, 0.4) is 0 Å². The quantitative estimate of drug-likeness (QED) is 0.210. The molecule has 0 radical (unpaired) electrons. The maximum atomic E-state index is 6.25. The molecule has 0 bridgehead atoms. The predicted octanol–water partition coefficient (Wildman–Crippen LogP) is 11.9. The molecule has 10 rings (SSSR count). The van der Waals surface area contributed by atoms with Gasteiger partial charge in [-0.15, -0.1) is 0 Å². The molecule has 7 aromatic carbocycles. The fourth-order valence-corrected chi connectivity index (χ4v) is 7.04. The van der Waals surface area contributed by atoms with E-state index in [9.17, 15) is 0 Å². The average Bonchev–Trinajstić information content (AvgIpc) is 3.76. The summed E-state index contributed by atoms with van der Waals surface area (Å²) < 4.78 is 14.8. The van der Waals surface area contributed by atoms with Gasteiger partial charge in [0, 0.05) is 38.0 Å². The Morgan fingerprint density at radius 3 is 1.62 bits per heavy atom. The third-order valence-electron chi connectivity index (χ3n) is 9.21. The largest absolute Gasteiger partial charge is 0.456 e. The molecule has 0 fully saturated rings. The molecule has 0 aliphatic rings. The van der Waals surface area contributed by atoms with Crippen LogP contribution in [0.5, 0.6) is 0 Å². The summed E-state index contributed by atoms with van der Waals surface area (Å²) in [4.78, 5) is 0. The topological polar surface area (TPSA) is 31.2 Å². The highest BCUT2D eigenvalue weighted by molar-refractivity contribution is 6.17. The average molecular weight is 576 g/mol. The van der Waals surface area contributed by atoms with E-state index < -0.39 is 0 Å². The van der Waals surface area contributed by atoms with E-state index in [0.29, 0.717) is 0 Å². The zero-order chi connectivity index (χ0) is 29.5. The van der Waals surface area contributed by atoms with Crippen molar-refractivity contribution in [2.24, 2.45) is 0 Å². The Morgan fingerprint density at radius 1 is 0.311 bits per heavy atom. The predicted molar refractivity (Wildman–Crippen MR) is 186 cm³/mol. The molecule has 0 aliphatic heterocycles. The lowest BCUT2D eigenvalue weighted by Gasteiger charge is -2.10. The molecule has 3 heterocycles. The van der Waals surface area contributed by atoms with E-state index in [1.807, 2.05) is 18.2 Å². The van der Waals surface area contributed by atoms with Gasteiger partial charge in [-0.1, -0.05) is 91.0 Å². The number of aromatic nitrogens is 1. The number of nitrogens with zero attached hydrogens (tertiary/aromatic N) is 1. The van der Waals surface area contributed by atoms with Crippen LogP contribution >= 0.6 is 0 Å². The molecule has 0 saturated carbocycles.